The molecule has 0 saturated heterocycles. The Morgan fingerprint density at radius 3 is 2.12 bits per heavy atom. The molecule has 24 heavy (non-hydrogen) atoms. The van der Waals surface area contributed by atoms with Crippen molar-refractivity contribution in [2.75, 3.05) is 21.3 Å². The molecule has 2 aromatic carbocycles. The van der Waals surface area contributed by atoms with E-state index in [9.17, 15) is 4.79 Å². The van der Waals surface area contributed by atoms with Gasteiger partial charge in [0.05, 0.1) is 32.6 Å². The van der Waals surface area contributed by atoms with Gasteiger partial charge in [0.15, 0.2) is 5.78 Å². The molecular formula is C19H21NO4. The quantitative estimate of drug-likeness (QED) is 0.568. The van der Waals surface area contributed by atoms with Gasteiger partial charge in [-0.05, 0) is 49.4 Å². The lowest BCUT2D eigenvalue weighted by molar-refractivity contribution is 0.0997. The van der Waals surface area contributed by atoms with Gasteiger partial charge in [0.1, 0.15) is 17.2 Å². The van der Waals surface area contributed by atoms with Crippen molar-refractivity contribution < 1.29 is 19.0 Å². The first-order valence-electron chi connectivity index (χ1n) is 7.50. The molecule has 0 aliphatic heterocycles. The minimum atomic E-state index is -0.0690. The van der Waals surface area contributed by atoms with Crippen LogP contribution in [0.5, 0.6) is 17.2 Å². The van der Waals surface area contributed by atoms with Crippen LogP contribution in [-0.4, -0.2) is 32.8 Å². The Morgan fingerprint density at radius 1 is 0.917 bits per heavy atom. The first kappa shape index (κ1) is 17.5. The number of hydrogen-bond acceptors (Lipinski definition) is 5. The third-order valence-corrected chi connectivity index (χ3v) is 3.52. The molecule has 0 aliphatic carbocycles. The Labute approximate surface area is 141 Å². The first-order chi connectivity index (χ1) is 11.6. The number of nitrogens with zero attached hydrogens (tertiary/aromatic N) is 1. The van der Waals surface area contributed by atoms with Gasteiger partial charge in [-0.25, -0.2) is 0 Å². The molecule has 0 spiro atoms. The Hall–Kier alpha value is -2.82. The summed E-state index contributed by atoms with van der Waals surface area (Å²) in [7, 11) is 4.72. The van der Waals surface area contributed by atoms with Crippen molar-refractivity contribution in [2.45, 2.75) is 13.3 Å². The van der Waals surface area contributed by atoms with E-state index in [2.05, 4.69) is 4.99 Å². The number of benzene rings is 2. The topological polar surface area (TPSA) is 57.1 Å². The maximum Gasteiger partial charge on any atom is 0.172 e. The molecule has 0 aliphatic rings. The predicted octanol–water partition coefficient (Wildman–Crippen LogP) is 4.08. The molecule has 0 fully saturated rings. The third-order valence-electron chi connectivity index (χ3n) is 3.52. The molecule has 0 unspecified atom stereocenters. The molecule has 2 rings (SSSR count). The van der Waals surface area contributed by atoms with Gasteiger partial charge in [-0.15, -0.1) is 0 Å². The molecule has 0 saturated carbocycles. The van der Waals surface area contributed by atoms with E-state index in [-0.39, 0.29) is 12.2 Å². The fourth-order valence-corrected chi connectivity index (χ4v) is 2.28. The van der Waals surface area contributed by atoms with Crippen LogP contribution in [0.1, 0.15) is 23.7 Å². The average Bonchev–Trinajstić information content (AvgIpc) is 2.61. The third kappa shape index (κ3) is 4.35. The summed E-state index contributed by atoms with van der Waals surface area (Å²) < 4.78 is 15.6. The highest BCUT2D eigenvalue weighted by atomic mass is 16.5. The zero-order valence-corrected chi connectivity index (χ0v) is 14.3. The van der Waals surface area contributed by atoms with Gasteiger partial charge < -0.3 is 14.2 Å². The van der Waals surface area contributed by atoms with E-state index in [0.29, 0.717) is 17.1 Å². The highest BCUT2D eigenvalue weighted by Crippen LogP contribution is 2.25. The lowest BCUT2D eigenvalue weighted by Gasteiger charge is -2.09. The number of Topliss-reactive ketones (excluding diaryl/α,β-unsaturated/α-hetero) is 1. The summed E-state index contributed by atoms with van der Waals surface area (Å²) in [5.41, 5.74) is 1.98. The van der Waals surface area contributed by atoms with Gasteiger partial charge in [0, 0.05) is 12.1 Å². The van der Waals surface area contributed by atoms with E-state index in [1.807, 2.05) is 31.2 Å². The number of carbonyl (C=O) groups is 1. The van der Waals surface area contributed by atoms with E-state index in [1.54, 1.807) is 32.4 Å². The van der Waals surface area contributed by atoms with E-state index in [1.165, 1.54) is 7.11 Å². The monoisotopic (exact) mass is 327 g/mol. The van der Waals surface area contributed by atoms with Gasteiger partial charge in [-0.3, -0.25) is 9.79 Å². The summed E-state index contributed by atoms with van der Waals surface area (Å²) in [4.78, 5) is 17.0. The molecule has 0 N–H and O–H groups in total. The summed E-state index contributed by atoms with van der Waals surface area (Å²) in [6.45, 7) is 1.83. The smallest absolute Gasteiger partial charge is 0.172 e. The Morgan fingerprint density at radius 2 is 1.54 bits per heavy atom. The van der Waals surface area contributed by atoms with Crippen LogP contribution in [0.15, 0.2) is 47.5 Å². The number of ether oxygens (including phenoxy) is 3. The fraction of sp³-hybridized carbons (Fsp3) is 0.263. The molecule has 0 atom stereocenters. The molecule has 0 amide bonds. The van der Waals surface area contributed by atoms with Crippen LogP contribution in [0.2, 0.25) is 0 Å². The highest BCUT2D eigenvalue weighted by Gasteiger charge is 2.14. The minimum absolute atomic E-state index is 0.0690. The van der Waals surface area contributed by atoms with Gasteiger partial charge in [0.2, 0.25) is 0 Å². The maximum atomic E-state index is 12.6. The number of ketones is 1. The summed E-state index contributed by atoms with van der Waals surface area (Å²) in [6.07, 6.45) is 0.204. The van der Waals surface area contributed by atoms with Gasteiger partial charge in [-0.2, -0.15) is 0 Å². The highest BCUT2D eigenvalue weighted by molar-refractivity contribution is 6.11. The van der Waals surface area contributed by atoms with Crippen LogP contribution in [0.4, 0.5) is 5.69 Å². The molecule has 126 valence electrons. The average molecular weight is 327 g/mol. The Balaban J connectivity index is 2.17. The molecule has 0 heterocycles. The van der Waals surface area contributed by atoms with Crippen molar-refractivity contribution >= 4 is 17.2 Å². The standard InChI is InChI=1S/C19H21NO4/c1-13(20-14-5-7-15(22-2)8-6-14)11-18(21)17-12-16(23-3)9-10-19(17)24-4/h5-10,12H,11H2,1-4H3. The van der Waals surface area contributed by atoms with Crippen molar-refractivity contribution in [3.63, 3.8) is 0 Å². The lowest BCUT2D eigenvalue weighted by atomic mass is 10.0. The van der Waals surface area contributed by atoms with Crippen LogP contribution < -0.4 is 14.2 Å². The molecule has 2 aromatic rings. The number of hydrogen-bond donors (Lipinski definition) is 0. The summed E-state index contributed by atoms with van der Waals surface area (Å²) in [5, 5.41) is 0. The number of carbonyl (C=O) groups excluding carboxylic acids is 1. The molecular weight excluding hydrogens is 306 g/mol. The zero-order valence-electron chi connectivity index (χ0n) is 14.3. The number of aliphatic imine (C=N–C) groups is 1. The molecule has 0 radical (unpaired) electrons. The molecule has 0 bridgehead atoms. The van der Waals surface area contributed by atoms with Crippen molar-refractivity contribution in [3.8, 4) is 17.2 Å². The summed E-state index contributed by atoms with van der Waals surface area (Å²) in [5.74, 6) is 1.84. The van der Waals surface area contributed by atoms with Crippen LogP contribution >= 0.6 is 0 Å². The molecule has 5 heteroatoms. The summed E-state index contributed by atoms with van der Waals surface area (Å²) >= 11 is 0. The van der Waals surface area contributed by atoms with Crippen LogP contribution in [0, 0.1) is 0 Å². The first-order valence-corrected chi connectivity index (χ1v) is 7.50. The van der Waals surface area contributed by atoms with E-state index >= 15 is 0 Å². The van der Waals surface area contributed by atoms with Crippen LogP contribution in [-0.2, 0) is 0 Å². The fourth-order valence-electron chi connectivity index (χ4n) is 2.28. The normalized spacial score (nSPS) is 11.1. The number of rotatable bonds is 7. The minimum Gasteiger partial charge on any atom is -0.497 e. The Kier molecular flexibility index (Phi) is 5.95. The second-order valence-electron chi connectivity index (χ2n) is 5.21. The second-order valence-corrected chi connectivity index (χ2v) is 5.21. The molecule has 0 aromatic heterocycles. The van der Waals surface area contributed by atoms with E-state index < -0.39 is 0 Å². The Bertz CT molecular complexity index is 736. The van der Waals surface area contributed by atoms with Gasteiger partial charge in [0.25, 0.3) is 0 Å². The molecule has 5 nitrogen and oxygen atoms in total. The number of methoxy groups -OCH3 is 3. The van der Waals surface area contributed by atoms with Crippen LogP contribution in [0.3, 0.4) is 0 Å². The lowest BCUT2D eigenvalue weighted by Crippen LogP contribution is -2.07. The predicted molar refractivity (Wildman–Crippen MR) is 94.3 cm³/mol. The van der Waals surface area contributed by atoms with Gasteiger partial charge >= 0.3 is 0 Å². The largest absolute Gasteiger partial charge is 0.497 e. The van der Waals surface area contributed by atoms with Crippen LogP contribution in [0.25, 0.3) is 0 Å². The van der Waals surface area contributed by atoms with Crippen molar-refractivity contribution in [2.24, 2.45) is 4.99 Å². The van der Waals surface area contributed by atoms with Crippen molar-refractivity contribution in [1.82, 2.24) is 0 Å². The van der Waals surface area contributed by atoms with Crippen molar-refractivity contribution in [3.05, 3.63) is 48.0 Å². The SMILES string of the molecule is COc1ccc(N=C(C)CC(=O)c2cc(OC)ccc2OC)cc1. The van der Waals surface area contributed by atoms with E-state index in [0.717, 1.165) is 17.1 Å². The second kappa shape index (κ2) is 8.15. The van der Waals surface area contributed by atoms with Gasteiger partial charge in [-0.1, -0.05) is 0 Å². The summed E-state index contributed by atoms with van der Waals surface area (Å²) in [6, 6.07) is 12.5. The maximum absolute atomic E-state index is 12.6. The van der Waals surface area contributed by atoms with E-state index in [4.69, 9.17) is 14.2 Å². The van der Waals surface area contributed by atoms with Crippen molar-refractivity contribution in [1.29, 1.82) is 0 Å². The zero-order chi connectivity index (χ0) is 17.5.